The van der Waals surface area contributed by atoms with E-state index in [9.17, 15) is 0 Å². The molecule has 0 amide bonds. The monoisotopic (exact) mass is 232 g/mol. The van der Waals surface area contributed by atoms with Crippen molar-refractivity contribution < 1.29 is 0 Å². The van der Waals surface area contributed by atoms with Gasteiger partial charge >= 0.3 is 0 Å². The largest absolute Gasteiger partial charge is 0.311 e. The molecular formula is C15H24N2. The molecule has 1 aliphatic rings. The SMILES string of the molecule is CC/C=C/C(C(C)C)N(N)C=CC1=CC=CC1. The highest BCUT2D eigenvalue weighted by Gasteiger charge is 2.13. The van der Waals surface area contributed by atoms with Crippen LogP contribution in [0, 0.1) is 5.92 Å². The summed E-state index contributed by atoms with van der Waals surface area (Å²) in [4.78, 5) is 0. The fraction of sp³-hybridized carbons (Fsp3) is 0.467. The fourth-order valence-electron chi connectivity index (χ4n) is 1.81. The zero-order valence-corrected chi connectivity index (χ0v) is 11.1. The number of allylic oxidation sites excluding steroid dienone is 6. The number of hydrazine groups is 1. The lowest BCUT2D eigenvalue weighted by Gasteiger charge is -2.26. The van der Waals surface area contributed by atoms with Crippen LogP contribution in [-0.2, 0) is 0 Å². The first-order chi connectivity index (χ1) is 8.15. The maximum absolute atomic E-state index is 6.09. The standard InChI is InChI=1S/C15H24N2/c1-4-5-10-15(13(2)3)17(16)12-11-14-8-6-7-9-14/h5-8,10-13,15H,4,9,16H2,1-3H3/b10-5+,12-11?. The van der Waals surface area contributed by atoms with Crippen LogP contribution in [0.3, 0.4) is 0 Å². The minimum Gasteiger partial charge on any atom is -0.311 e. The molecule has 0 saturated heterocycles. The molecule has 0 fully saturated rings. The minimum atomic E-state index is 0.265. The molecule has 17 heavy (non-hydrogen) atoms. The highest BCUT2D eigenvalue weighted by Crippen LogP contribution is 2.14. The molecule has 0 bridgehead atoms. The molecule has 0 aromatic carbocycles. The lowest BCUT2D eigenvalue weighted by Crippen LogP contribution is -2.38. The summed E-state index contributed by atoms with van der Waals surface area (Å²) in [6, 6.07) is 0.265. The zero-order valence-electron chi connectivity index (χ0n) is 11.1. The Morgan fingerprint density at radius 2 is 2.24 bits per heavy atom. The highest BCUT2D eigenvalue weighted by atomic mass is 15.4. The first-order valence-electron chi connectivity index (χ1n) is 6.38. The Balaban J connectivity index is 2.58. The topological polar surface area (TPSA) is 29.3 Å². The van der Waals surface area contributed by atoms with Gasteiger partial charge in [0.15, 0.2) is 0 Å². The van der Waals surface area contributed by atoms with Gasteiger partial charge in [-0.1, -0.05) is 51.2 Å². The van der Waals surface area contributed by atoms with Gasteiger partial charge in [0.1, 0.15) is 0 Å². The smallest absolute Gasteiger partial charge is 0.0648 e. The predicted octanol–water partition coefficient (Wildman–Crippen LogP) is 3.55. The van der Waals surface area contributed by atoms with E-state index in [0.29, 0.717) is 5.92 Å². The first-order valence-corrected chi connectivity index (χ1v) is 6.38. The fourth-order valence-corrected chi connectivity index (χ4v) is 1.81. The summed E-state index contributed by atoms with van der Waals surface area (Å²) in [5.74, 6) is 6.59. The summed E-state index contributed by atoms with van der Waals surface area (Å²) in [5, 5.41) is 1.80. The van der Waals surface area contributed by atoms with Crippen LogP contribution in [0.4, 0.5) is 0 Å². The summed E-state index contributed by atoms with van der Waals surface area (Å²) < 4.78 is 0. The summed E-state index contributed by atoms with van der Waals surface area (Å²) in [6.07, 6.45) is 16.9. The maximum atomic E-state index is 6.09. The van der Waals surface area contributed by atoms with Crippen molar-refractivity contribution in [2.45, 2.75) is 39.7 Å². The van der Waals surface area contributed by atoms with Crippen molar-refractivity contribution in [2.75, 3.05) is 0 Å². The van der Waals surface area contributed by atoms with Gasteiger partial charge in [0.25, 0.3) is 0 Å². The third kappa shape index (κ3) is 4.61. The molecule has 1 rings (SSSR count). The van der Waals surface area contributed by atoms with Crippen molar-refractivity contribution in [3.8, 4) is 0 Å². The van der Waals surface area contributed by atoms with Crippen molar-refractivity contribution in [1.29, 1.82) is 0 Å². The van der Waals surface area contributed by atoms with Crippen molar-refractivity contribution in [2.24, 2.45) is 11.8 Å². The van der Waals surface area contributed by atoms with E-state index in [2.05, 4.69) is 57.2 Å². The Morgan fingerprint density at radius 3 is 2.76 bits per heavy atom. The van der Waals surface area contributed by atoms with Crippen LogP contribution in [0.1, 0.15) is 33.6 Å². The Bertz CT molecular complexity index is 335. The van der Waals surface area contributed by atoms with E-state index in [1.807, 2.05) is 6.20 Å². The van der Waals surface area contributed by atoms with Gasteiger partial charge in [-0.15, -0.1) is 0 Å². The van der Waals surface area contributed by atoms with Crippen LogP contribution >= 0.6 is 0 Å². The number of nitrogens with zero attached hydrogens (tertiary/aromatic N) is 1. The molecule has 2 nitrogen and oxygen atoms in total. The Kier molecular flexibility index (Phi) is 5.78. The average molecular weight is 232 g/mol. The van der Waals surface area contributed by atoms with Gasteiger partial charge in [0.05, 0.1) is 6.04 Å². The van der Waals surface area contributed by atoms with Crippen molar-refractivity contribution >= 4 is 0 Å². The Labute approximate surface area is 105 Å². The molecule has 1 unspecified atom stereocenters. The third-order valence-corrected chi connectivity index (χ3v) is 2.86. The summed E-state index contributed by atoms with van der Waals surface area (Å²) in [7, 11) is 0. The second-order valence-corrected chi connectivity index (χ2v) is 4.71. The molecule has 0 heterocycles. The van der Waals surface area contributed by atoms with Crippen LogP contribution in [0.15, 0.2) is 48.2 Å². The van der Waals surface area contributed by atoms with E-state index in [1.165, 1.54) is 5.57 Å². The van der Waals surface area contributed by atoms with E-state index in [4.69, 9.17) is 5.84 Å². The lowest BCUT2D eigenvalue weighted by molar-refractivity contribution is 0.270. The quantitative estimate of drug-likeness (QED) is 0.431. The summed E-state index contributed by atoms with van der Waals surface area (Å²) in [5.41, 5.74) is 1.31. The first kappa shape index (κ1) is 13.8. The normalized spacial score (nSPS) is 17.4. The van der Waals surface area contributed by atoms with Gasteiger partial charge in [-0.05, 0) is 30.4 Å². The molecule has 2 heteroatoms. The van der Waals surface area contributed by atoms with Gasteiger partial charge in [0.2, 0.25) is 0 Å². The van der Waals surface area contributed by atoms with Crippen LogP contribution in [0.5, 0.6) is 0 Å². The number of hydrogen-bond donors (Lipinski definition) is 1. The molecule has 0 saturated carbocycles. The second kappa shape index (κ2) is 7.13. The van der Waals surface area contributed by atoms with E-state index in [0.717, 1.165) is 12.8 Å². The van der Waals surface area contributed by atoms with Gasteiger partial charge < -0.3 is 5.01 Å². The van der Waals surface area contributed by atoms with Crippen LogP contribution < -0.4 is 5.84 Å². The minimum absolute atomic E-state index is 0.265. The van der Waals surface area contributed by atoms with E-state index in [1.54, 1.807) is 5.01 Å². The van der Waals surface area contributed by atoms with E-state index >= 15 is 0 Å². The molecule has 0 spiro atoms. The van der Waals surface area contributed by atoms with Crippen LogP contribution in [0.25, 0.3) is 0 Å². The van der Waals surface area contributed by atoms with Gasteiger partial charge in [-0.25, -0.2) is 5.84 Å². The Hall–Kier alpha value is -1.28. The Morgan fingerprint density at radius 1 is 1.47 bits per heavy atom. The zero-order chi connectivity index (χ0) is 12.7. The number of hydrogen-bond acceptors (Lipinski definition) is 2. The molecule has 2 N–H and O–H groups in total. The van der Waals surface area contributed by atoms with E-state index in [-0.39, 0.29) is 6.04 Å². The highest BCUT2D eigenvalue weighted by molar-refractivity contribution is 5.31. The van der Waals surface area contributed by atoms with Crippen molar-refractivity contribution in [1.82, 2.24) is 5.01 Å². The van der Waals surface area contributed by atoms with Crippen molar-refractivity contribution in [3.05, 3.63) is 48.2 Å². The molecule has 0 aliphatic heterocycles. The molecule has 94 valence electrons. The number of nitrogens with two attached hydrogens (primary N) is 1. The van der Waals surface area contributed by atoms with Crippen molar-refractivity contribution in [3.63, 3.8) is 0 Å². The van der Waals surface area contributed by atoms with Gasteiger partial charge in [-0.3, -0.25) is 0 Å². The summed E-state index contributed by atoms with van der Waals surface area (Å²) in [6.45, 7) is 6.52. The predicted molar refractivity (Wildman–Crippen MR) is 75.1 cm³/mol. The average Bonchev–Trinajstić information content (AvgIpc) is 2.79. The third-order valence-electron chi connectivity index (χ3n) is 2.86. The molecule has 0 aromatic rings. The van der Waals surface area contributed by atoms with Gasteiger partial charge in [0, 0.05) is 6.20 Å². The maximum Gasteiger partial charge on any atom is 0.0648 e. The summed E-state index contributed by atoms with van der Waals surface area (Å²) >= 11 is 0. The van der Waals surface area contributed by atoms with Crippen LogP contribution in [0.2, 0.25) is 0 Å². The van der Waals surface area contributed by atoms with Gasteiger partial charge in [-0.2, -0.15) is 0 Å². The number of rotatable bonds is 6. The molecule has 0 aromatic heterocycles. The van der Waals surface area contributed by atoms with E-state index < -0.39 is 0 Å². The molecule has 1 atom stereocenters. The molecule has 1 aliphatic carbocycles. The molecular weight excluding hydrogens is 208 g/mol. The lowest BCUT2D eigenvalue weighted by atomic mass is 10.0. The van der Waals surface area contributed by atoms with Crippen LogP contribution in [-0.4, -0.2) is 11.1 Å². The molecule has 0 radical (unpaired) electrons. The second-order valence-electron chi connectivity index (χ2n) is 4.71.